The zero-order valence-electron chi connectivity index (χ0n) is 20.4. The van der Waals surface area contributed by atoms with Crippen LogP contribution in [0.4, 0.5) is 24.7 Å². The molecule has 204 valence electrons. The summed E-state index contributed by atoms with van der Waals surface area (Å²) < 4.78 is 41.6. The number of nitrogens with one attached hydrogen (secondary N) is 1. The molecule has 5 rings (SSSR count). The van der Waals surface area contributed by atoms with Crippen LogP contribution in [-0.4, -0.2) is 61.8 Å². The molecule has 10 nitrogen and oxygen atoms in total. The normalized spacial score (nSPS) is 15.5. The third-order valence-corrected chi connectivity index (χ3v) is 7.72. The van der Waals surface area contributed by atoms with Crippen LogP contribution in [0.1, 0.15) is 39.7 Å². The molecule has 5 N–H and O–H groups in total. The molecule has 0 aromatic carbocycles. The molecule has 5 heterocycles. The number of alkyl halides is 3. The number of halogens is 3. The number of nitrogens with two attached hydrogens (primary N) is 1. The van der Waals surface area contributed by atoms with Crippen molar-refractivity contribution < 1.29 is 28.2 Å². The van der Waals surface area contributed by atoms with Gasteiger partial charge in [0.1, 0.15) is 21.9 Å². The van der Waals surface area contributed by atoms with E-state index in [4.69, 9.17) is 5.73 Å². The number of carboxylic acids is 1. The van der Waals surface area contributed by atoms with Crippen molar-refractivity contribution in [2.24, 2.45) is 0 Å². The quantitative estimate of drug-likeness (QED) is 0.264. The summed E-state index contributed by atoms with van der Waals surface area (Å²) in [5.74, 6) is -1.27. The number of anilines is 2. The highest BCUT2D eigenvalue weighted by Crippen LogP contribution is 2.43. The van der Waals surface area contributed by atoms with E-state index in [1.807, 2.05) is 0 Å². The predicted octanol–water partition coefficient (Wildman–Crippen LogP) is 3.74. The smallest absolute Gasteiger partial charge is 0.417 e. The molecule has 0 saturated carbocycles. The lowest BCUT2D eigenvalue weighted by Crippen LogP contribution is -2.44. The summed E-state index contributed by atoms with van der Waals surface area (Å²) in [5.41, 5.74) is 6.45. The molecule has 39 heavy (non-hydrogen) atoms. The Hall–Kier alpha value is -3.88. The van der Waals surface area contributed by atoms with Crippen LogP contribution in [0.15, 0.2) is 43.1 Å². The van der Waals surface area contributed by atoms with E-state index in [0.29, 0.717) is 48.5 Å². The lowest BCUT2D eigenvalue weighted by atomic mass is 10.0. The van der Waals surface area contributed by atoms with E-state index >= 15 is 0 Å². The number of aliphatic hydroxyl groups is 1. The fourth-order valence-corrected chi connectivity index (χ4v) is 5.52. The standard InChI is InChI=1S/C25H24F3N7O3S/c26-25(27,28)16-7-19(34-23-20(16)21(29)22(39-23)24(37)38)35-5-3-15(4-6-35)32-11-18(36)13-1-2-17(33-10-13)14-8-30-12-31-9-14/h1-2,7-10,12,15,18,32,36H,3-6,11,29H2,(H,37,38). The summed E-state index contributed by atoms with van der Waals surface area (Å²) in [7, 11) is 0. The number of aromatic carboxylic acids is 1. The number of nitrogen functional groups attached to an aromatic ring is 1. The van der Waals surface area contributed by atoms with Crippen LogP contribution in [0, 0.1) is 0 Å². The minimum Gasteiger partial charge on any atom is -0.477 e. The Morgan fingerprint density at radius 1 is 1.21 bits per heavy atom. The van der Waals surface area contributed by atoms with Gasteiger partial charge in [-0.15, -0.1) is 11.3 Å². The summed E-state index contributed by atoms with van der Waals surface area (Å²) in [6.07, 6.45) is 2.06. The average molecular weight is 560 g/mol. The lowest BCUT2D eigenvalue weighted by molar-refractivity contribution is -0.136. The maximum absolute atomic E-state index is 13.9. The number of thiophene rings is 1. The van der Waals surface area contributed by atoms with E-state index in [-0.39, 0.29) is 33.5 Å². The number of aromatic nitrogens is 4. The van der Waals surface area contributed by atoms with Crippen molar-refractivity contribution >= 4 is 39.0 Å². The van der Waals surface area contributed by atoms with Crippen molar-refractivity contribution in [3.8, 4) is 11.3 Å². The van der Waals surface area contributed by atoms with Crippen molar-refractivity contribution in [2.75, 3.05) is 30.3 Å². The van der Waals surface area contributed by atoms with Crippen LogP contribution in [0.3, 0.4) is 0 Å². The fourth-order valence-electron chi connectivity index (χ4n) is 4.57. The summed E-state index contributed by atoms with van der Waals surface area (Å²) in [4.78, 5) is 29.4. The Kier molecular flexibility index (Phi) is 7.34. The number of pyridine rings is 2. The lowest BCUT2D eigenvalue weighted by Gasteiger charge is -2.34. The first-order chi connectivity index (χ1) is 18.6. The molecule has 0 bridgehead atoms. The number of rotatable bonds is 7. The number of aliphatic hydroxyl groups excluding tert-OH is 1. The highest BCUT2D eigenvalue weighted by atomic mass is 32.1. The molecule has 14 heteroatoms. The van der Waals surface area contributed by atoms with Crippen molar-refractivity contribution in [3.05, 3.63) is 59.1 Å². The van der Waals surface area contributed by atoms with Crippen LogP contribution in [0.5, 0.6) is 0 Å². The Morgan fingerprint density at radius 3 is 2.54 bits per heavy atom. The monoisotopic (exact) mass is 559 g/mol. The van der Waals surface area contributed by atoms with Crippen LogP contribution < -0.4 is 16.0 Å². The number of hydrogen-bond acceptors (Lipinski definition) is 10. The predicted molar refractivity (Wildman–Crippen MR) is 139 cm³/mol. The van der Waals surface area contributed by atoms with Gasteiger partial charge in [0, 0.05) is 60.8 Å². The van der Waals surface area contributed by atoms with Gasteiger partial charge >= 0.3 is 12.1 Å². The minimum absolute atomic E-state index is 0.0476. The first-order valence-corrected chi connectivity index (χ1v) is 12.8. The van der Waals surface area contributed by atoms with E-state index in [2.05, 4.69) is 25.3 Å². The molecule has 1 atom stereocenters. The molecule has 4 aromatic heterocycles. The molecule has 0 spiro atoms. The molecule has 1 saturated heterocycles. The number of nitrogens with zero attached hydrogens (tertiary/aromatic N) is 5. The van der Waals surface area contributed by atoms with Gasteiger partial charge in [0.05, 0.1) is 23.0 Å². The summed E-state index contributed by atoms with van der Waals surface area (Å²) in [6, 6.07) is 4.56. The molecule has 0 amide bonds. The van der Waals surface area contributed by atoms with Gasteiger partial charge in [0.15, 0.2) is 0 Å². The van der Waals surface area contributed by atoms with Crippen molar-refractivity contribution in [2.45, 2.75) is 31.2 Å². The van der Waals surface area contributed by atoms with Gasteiger partial charge in [0.2, 0.25) is 0 Å². The topological polar surface area (TPSA) is 150 Å². The second-order valence-electron chi connectivity index (χ2n) is 9.15. The molecule has 0 aliphatic carbocycles. The molecule has 0 radical (unpaired) electrons. The largest absolute Gasteiger partial charge is 0.477 e. The van der Waals surface area contributed by atoms with Gasteiger partial charge in [-0.3, -0.25) is 4.98 Å². The Morgan fingerprint density at radius 2 is 1.92 bits per heavy atom. The summed E-state index contributed by atoms with van der Waals surface area (Å²) in [5, 5.41) is 22.9. The van der Waals surface area contributed by atoms with Gasteiger partial charge in [-0.1, -0.05) is 6.07 Å². The number of carbonyl (C=O) groups is 1. The zero-order valence-corrected chi connectivity index (χ0v) is 21.2. The second-order valence-corrected chi connectivity index (χ2v) is 10.1. The zero-order chi connectivity index (χ0) is 27.7. The van der Waals surface area contributed by atoms with Gasteiger partial charge < -0.3 is 26.2 Å². The van der Waals surface area contributed by atoms with Crippen molar-refractivity contribution in [1.29, 1.82) is 0 Å². The maximum atomic E-state index is 13.9. The van der Waals surface area contributed by atoms with Gasteiger partial charge in [-0.05, 0) is 25.0 Å². The Labute approximate surface area is 224 Å². The third-order valence-electron chi connectivity index (χ3n) is 6.63. The maximum Gasteiger partial charge on any atom is 0.417 e. The van der Waals surface area contributed by atoms with E-state index in [1.54, 1.807) is 35.6 Å². The average Bonchev–Trinajstić information content (AvgIpc) is 3.28. The van der Waals surface area contributed by atoms with Gasteiger partial charge in [-0.2, -0.15) is 13.2 Å². The van der Waals surface area contributed by atoms with Crippen LogP contribution in [-0.2, 0) is 6.18 Å². The van der Waals surface area contributed by atoms with Crippen LogP contribution in [0.2, 0.25) is 0 Å². The van der Waals surface area contributed by atoms with Gasteiger partial charge in [-0.25, -0.2) is 19.7 Å². The van der Waals surface area contributed by atoms with E-state index in [1.165, 1.54) is 6.33 Å². The van der Waals surface area contributed by atoms with E-state index in [9.17, 15) is 28.2 Å². The molecule has 1 aliphatic rings. The Balaban J connectivity index is 1.22. The summed E-state index contributed by atoms with van der Waals surface area (Å²) in [6.45, 7) is 1.16. The first kappa shape index (κ1) is 26.7. The fraction of sp³-hybridized carbons (Fsp3) is 0.320. The number of fused-ring (bicyclic) bond motifs is 1. The minimum atomic E-state index is -4.72. The number of piperidine rings is 1. The van der Waals surface area contributed by atoms with Crippen LogP contribution in [0.25, 0.3) is 21.5 Å². The highest BCUT2D eigenvalue weighted by molar-refractivity contribution is 7.21. The van der Waals surface area contributed by atoms with Crippen LogP contribution >= 0.6 is 11.3 Å². The van der Waals surface area contributed by atoms with E-state index < -0.39 is 29.5 Å². The van der Waals surface area contributed by atoms with Gasteiger partial charge in [0.25, 0.3) is 0 Å². The van der Waals surface area contributed by atoms with Crippen molar-refractivity contribution in [3.63, 3.8) is 0 Å². The SMILES string of the molecule is Nc1c(C(=O)O)sc2nc(N3CCC(NCC(O)c4ccc(-c5cncnc5)nc4)CC3)cc(C(F)(F)F)c12. The molecule has 4 aromatic rings. The highest BCUT2D eigenvalue weighted by Gasteiger charge is 2.37. The molecular weight excluding hydrogens is 535 g/mol. The summed E-state index contributed by atoms with van der Waals surface area (Å²) >= 11 is 0.636. The molecule has 1 unspecified atom stereocenters. The Bertz CT molecular complexity index is 1470. The second kappa shape index (κ2) is 10.7. The van der Waals surface area contributed by atoms with Crippen molar-refractivity contribution in [1.82, 2.24) is 25.3 Å². The van der Waals surface area contributed by atoms with E-state index in [0.717, 1.165) is 11.6 Å². The molecular formula is C25H24F3N7O3S. The molecule has 1 aliphatic heterocycles. The first-order valence-electron chi connectivity index (χ1n) is 12.0. The molecule has 1 fully saturated rings. The third kappa shape index (κ3) is 5.62. The number of carboxylic acid groups (broad SMARTS) is 1. The number of hydrogen-bond donors (Lipinski definition) is 4.